The summed E-state index contributed by atoms with van der Waals surface area (Å²) in [4.78, 5) is 7.20. The quantitative estimate of drug-likeness (QED) is 0.587. The number of pyridine rings is 1. The fourth-order valence-electron chi connectivity index (χ4n) is 1.10. The van der Waals surface area contributed by atoms with Crippen molar-refractivity contribution < 1.29 is 1.43 Å². The van der Waals surface area contributed by atoms with Crippen molar-refractivity contribution >= 4 is 11.0 Å². The molecule has 2 heteroatoms. The lowest BCUT2D eigenvalue weighted by atomic mass is 10.2. The van der Waals surface area contributed by atoms with Gasteiger partial charge in [0, 0.05) is 19.2 Å². The van der Waals surface area contributed by atoms with Gasteiger partial charge in [0.2, 0.25) is 0 Å². The van der Waals surface area contributed by atoms with Gasteiger partial charge in [0.1, 0.15) is 5.65 Å². The molecule has 0 saturated heterocycles. The number of aryl methyl sites for hydroxylation is 1. The highest BCUT2D eigenvalue weighted by atomic mass is 14.8. The van der Waals surface area contributed by atoms with Crippen LogP contribution in [0.5, 0.6) is 0 Å². The predicted molar refractivity (Wildman–Crippen MR) is 42.9 cm³/mol. The highest BCUT2D eigenvalue weighted by Gasteiger charge is 1.95. The zero-order valence-electron chi connectivity index (χ0n) is 5.76. The molecule has 0 aliphatic carbocycles. The molecule has 0 saturated carbocycles. The molecule has 10 heavy (non-hydrogen) atoms. The number of aromatic amines is 1. The Hall–Kier alpha value is -1.31. The van der Waals surface area contributed by atoms with Crippen LogP contribution in [-0.4, -0.2) is 9.97 Å². The van der Waals surface area contributed by atoms with Crippen LogP contribution in [0.15, 0.2) is 24.5 Å². The van der Waals surface area contributed by atoms with Crippen LogP contribution in [-0.2, 0) is 0 Å². The molecule has 0 aromatic carbocycles. The molecule has 0 unspecified atom stereocenters. The normalized spacial score (nSPS) is 10.5. The van der Waals surface area contributed by atoms with Gasteiger partial charge in [-0.2, -0.15) is 0 Å². The Balaban J connectivity index is 0.000000605. The fraction of sp³-hybridized carbons (Fsp3) is 0.125. The Bertz CT molecular complexity index is 354. The van der Waals surface area contributed by atoms with Crippen molar-refractivity contribution in [2.75, 3.05) is 0 Å². The Morgan fingerprint density at radius 1 is 1.50 bits per heavy atom. The number of rotatable bonds is 0. The molecule has 0 bridgehead atoms. The molecule has 52 valence electrons. The molecule has 0 fully saturated rings. The van der Waals surface area contributed by atoms with E-state index in [1.807, 2.05) is 24.5 Å². The Kier molecular flexibility index (Phi) is 1.01. The SMILES string of the molecule is Cc1ccnc2[nH]ccc12.[HH]. The molecule has 0 spiro atoms. The van der Waals surface area contributed by atoms with Gasteiger partial charge >= 0.3 is 0 Å². The number of aromatic nitrogens is 2. The van der Waals surface area contributed by atoms with Gasteiger partial charge in [-0.3, -0.25) is 0 Å². The summed E-state index contributed by atoms with van der Waals surface area (Å²) in [7, 11) is 0. The molecular formula is C8H10N2. The van der Waals surface area contributed by atoms with Gasteiger partial charge in [0.25, 0.3) is 0 Å². The van der Waals surface area contributed by atoms with E-state index in [0.29, 0.717) is 0 Å². The van der Waals surface area contributed by atoms with Crippen molar-refractivity contribution in [2.45, 2.75) is 6.92 Å². The first-order valence-electron chi connectivity index (χ1n) is 3.26. The Labute approximate surface area is 60.4 Å². The van der Waals surface area contributed by atoms with E-state index >= 15 is 0 Å². The first-order chi connectivity index (χ1) is 4.88. The van der Waals surface area contributed by atoms with Gasteiger partial charge < -0.3 is 4.98 Å². The van der Waals surface area contributed by atoms with Crippen LogP contribution in [0.25, 0.3) is 11.0 Å². The predicted octanol–water partition coefficient (Wildman–Crippen LogP) is 2.12. The molecule has 2 rings (SSSR count). The zero-order chi connectivity index (χ0) is 6.97. The minimum absolute atomic E-state index is 0. The number of hydrogen-bond donors (Lipinski definition) is 1. The van der Waals surface area contributed by atoms with Crippen LogP contribution in [0.2, 0.25) is 0 Å². The number of nitrogens with zero attached hydrogens (tertiary/aromatic N) is 1. The highest BCUT2D eigenvalue weighted by Crippen LogP contribution is 2.12. The van der Waals surface area contributed by atoms with E-state index in [1.165, 1.54) is 10.9 Å². The van der Waals surface area contributed by atoms with E-state index < -0.39 is 0 Å². The van der Waals surface area contributed by atoms with Crippen molar-refractivity contribution in [1.29, 1.82) is 0 Å². The van der Waals surface area contributed by atoms with Crippen molar-refractivity contribution in [3.8, 4) is 0 Å². The smallest absolute Gasteiger partial charge is 0.137 e. The maximum atomic E-state index is 4.15. The van der Waals surface area contributed by atoms with Gasteiger partial charge in [-0.1, -0.05) is 0 Å². The summed E-state index contributed by atoms with van der Waals surface area (Å²) in [5, 5.41) is 1.21. The van der Waals surface area contributed by atoms with Gasteiger partial charge in [-0.25, -0.2) is 4.98 Å². The molecule has 2 heterocycles. The average Bonchev–Trinajstić information content (AvgIpc) is 2.36. The van der Waals surface area contributed by atoms with Gasteiger partial charge in [0.05, 0.1) is 0 Å². The first-order valence-corrected chi connectivity index (χ1v) is 3.26. The van der Waals surface area contributed by atoms with Gasteiger partial charge in [0.15, 0.2) is 0 Å². The summed E-state index contributed by atoms with van der Waals surface area (Å²) in [6, 6.07) is 4.05. The lowest BCUT2D eigenvalue weighted by Crippen LogP contribution is -1.77. The second kappa shape index (κ2) is 1.84. The molecule has 0 atom stereocenters. The molecule has 0 amide bonds. The molecule has 2 nitrogen and oxygen atoms in total. The minimum atomic E-state index is 0. The second-order valence-electron chi connectivity index (χ2n) is 2.37. The van der Waals surface area contributed by atoms with Gasteiger partial charge in [-0.15, -0.1) is 0 Å². The van der Waals surface area contributed by atoms with E-state index in [9.17, 15) is 0 Å². The molecular weight excluding hydrogens is 124 g/mol. The summed E-state index contributed by atoms with van der Waals surface area (Å²) in [5.74, 6) is 0. The molecule has 2 aromatic heterocycles. The van der Waals surface area contributed by atoms with E-state index in [1.54, 1.807) is 0 Å². The fourth-order valence-corrected chi connectivity index (χ4v) is 1.10. The number of hydrogen-bond acceptors (Lipinski definition) is 1. The second-order valence-corrected chi connectivity index (χ2v) is 2.37. The summed E-state index contributed by atoms with van der Waals surface area (Å²) >= 11 is 0. The number of fused-ring (bicyclic) bond motifs is 1. The third kappa shape index (κ3) is 0.620. The van der Waals surface area contributed by atoms with Crippen molar-refractivity contribution in [3.05, 3.63) is 30.1 Å². The maximum Gasteiger partial charge on any atom is 0.137 e. The van der Waals surface area contributed by atoms with E-state index in [-0.39, 0.29) is 1.43 Å². The topological polar surface area (TPSA) is 28.7 Å². The molecule has 2 aromatic rings. The monoisotopic (exact) mass is 134 g/mol. The van der Waals surface area contributed by atoms with Crippen LogP contribution in [0.1, 0.15) is 6.99 Å². The largest absolute Gasteiger partial charge is 0.346 e. The van der Waals surface area contributed by atoms with Crippen molar-refractivity contribution in [2.24, 2.45) is 0 Å². The Morgan fingerprint density at radius 3 is 3.20 bits per heavy atom. The number of nitrogens with one attached hydrogen (secondary N) is 1. The van der Waals surface area contributed by atoms with Crippen LogP contribution in [0.4, 0.5) is 0 Å². The van der Waals surface area contributed by atoms with Crippen molar-refractivity contribution in [3.63, 3.8) is 0 Å². The minimum Gasteiger partial charge on any atom is -0.346 e. The molecule has 0 aliphatic heterocycles. The first kappa shape index (κ1) is 5.47. The van der Waals surface area contributed by atoms with Crippen LogP contribution >= 0.6 is 0 Å². The summed E-state index contributed by atoms with van der Waals surface area (Å²) in [6.07, 6.45) is 3.72. The number of H-pyrrole nitrogens is 1. The van der Waals surface area contributed by atoms with E-state index in [4.69, 9.17) is 0 Å². The van der Waals surface area contributed by atoms with Crippen LogP contribution < -0.4 is 0 Å². The summed E-state index contributed by atoms with van der Waals surface area (Å²) < 4.78 is 0. The van der Waals surface area contributed by atoms with Crippen molar-refractivity contribution in [1.82, 2.24) is 9.97 Å². The lowest BCUT2D eigenvalue weighted by molar-refractivity contribution is 1.31. The lowest BCUT2D eigenvalue weighted by Gasteiger charge is -1.91. The van der Waals surface area contributed by atoms with Crippen LogP contribution in [0, 0.1) is 6.92 Å². The maximum absolute atomic E-state index is 4.15. The Morgan fingerprint density at radius 2 is 2.40 bits per heavy atom. The molecule has 0 aliphatic rings. The summed E-state index contributed by atoms with van der Waals surface area (Å²) in [5.41, 5.74) is 2.24. The molecule has 1 N–H and O–H groups in total. The van der Waals surface area contributed by atoms with E-state index in [2.05, 4.69) is 16.9 Å². The van der Waals surface area contributed by atoms with Crippen LogP contribution in [0.3, 0.4) is 0 Å². The third-order valence-electron chi connectivity index (χ3n) is 1.68. The average molecular weight is 134 g/mol. The standard InChI is InChI=1S/C8H8N2.H2/c1-6-2-4-9-8-7(6)3-5-10-8;/h2-5H,1H3,(H,9,10);1H. The van der Waals surface area contributed by atoms with Gasteiger partial charge in [-0.05, 0) is 24.6 Å². The molecule has 0 radical (unpaired) electrons. The summed E-state index contributed by atoms with van der Waals surface area (Å²) in [6.45, 7) is 2.08. The van der Waals surface area contributed by atoms with E-state index in [0.717, 1.165) is 5.65 Å². The highest BCUT2D eigenvalue weighted by molar-refractivity contribution is 5.78. The third-order valence-corrected chi connectivity index (χ3v) is 1.68. The zero-order valence-corrected chi connectivity index (χ0v) is 5.76.